The van der Waals surface area contributed by atoms with Gasteiger partial charge in [0.25, 0.3) is 5.91 Å². The summed E-state index contributed by atoms with van der Waals surface area (Å²) in [5.41, 5.74) is 4.86. The molecule has 0 saturated heterocycles. The Hall–Kier alpha value is -3.57. The highest BCUT2D eigenvalue weighted by Crippen LogP contribution is 2.33. The van der Waals surface area contributed by atoms with Crippen molar-refractivity contribution in [1.29, 1.82) is 0 Å². The molecule has 1 atom stereocenters. The van der Waals surface area contributed by atoms with Crippen LogP contribution in [0.2, 0.25) is 0 Å². The summed E-state index contributed by atoms with van der Waals surface area (Å²) in [5.74, 6) is 0.956. The lowest BCUT2D eigenvalue weighted by molar-refractivity contribution is 0.0916. The van der Waals surface area contributed by atoms with Crippen molar-refractivity contribution in [3.8, 4) is 0 Å². The number of carbonyl (C=O) groups is 1. The lowest BCUT2D eigenvalue weighted by atomic mass is 9.99. The van der Waals surface area contributed by atoms with Crippen LogP contribution in [0.5, 0.6) is 0 Å². The molecule has 5 nitrogen and oxygen atoms in total. The molecule has 0 bridgehead atoms. The number of aryl methyl sites for hydroxylation is 1. The van der Waals surface area contributed by atoms with E-state index < -0.39 is 0 Å². The van der Waals surface area contributed by atoms with Crippen LogP contribution in [0.15, 0.2) is 89.5 Å². The van der Waals surface area contributed by atoms with Crippen LogP contribution in [0.1, 0.15) is 44.7 Å². The molecule has 4 aromatic rings. The Bertz CT molecular complexity index is 1190. The summed E-state index contributed by atoms with van der Waals surface area (Å²) in [6.07, 6.45) is 2.15. The lowest BCUT2D eigenvalue weighted by Gasteiger charge is -2.37. The molecule has 5 heteroatoms. The third kappa shape index (κ3) is 4.25. The highest BCUT2D eigenvalue weighted by atomic mass is 16.4. The largest absolute Gasteiger partial charge is 0.455 e. The third-order valence-corrected chi connectivity index (χ3v) is 6.07. The van der Waals surface area contributed by atoms with Crippen molar-refractivity contribution in [1.82, 2.24) is 14.8 Å². The first-order valence-corrected chi connectivity index (χ1v) is 11.0. The van der Waals surface area contributed by atoms with Crippen molar-refractivity contribution in [3.63, 3.8) is 0 Å². The molecule has 162 valence electrons. The predicted molar refractivity (Wildman–Crippen MR) is 124 cm³/mol. The Morgan fingerprint density at radius 3 is 2.59 bits per heavy atom. The van der Waals surface area contributed by atoms with E-state index in [0.29, 0.717) is 18.8 Å². The van der Waals surface area contributed by atoms with E-state index >= 15 is 0 Å². The molecule has 1 aliphatic heterocycles. The van der Waals surface area contributed by atoms with Gasteiger partial charge in [0, 0.05) is 31.5 Å². The minimum atomic E-state index is -0.192. The molecule has 5 rings (SSSR count). The second kappa shape index (κ2) is 8.89. The van der Waals surface area contributed by atoms with E-state index in [1.807, 2.05) is 36.4 Å². The maximum Gasteiger partial charge on any atom is 0.287 e. The average Bonchev–Trinajstić information content (AvgIpc) is 3.49. The third-order valence-electron chi connectivity index (χ3n) is 6.07. The van der Waals surface area contributed by atoms with Crippen LogP contribution >= 0.6 is 0 Å². The van der Waals surface area contributed by atoms with Crippen molar-refractivity contribution in [2.24, 2.45) is 0 Å². The predicted octanol–water partition coefficient (Wildman–Crippen LogP) is 4.92. The van der Waals surface area contributed by atoms with Crippen LogP contribution in [-0.2, 0) is 19.6 Å². The van der Waals surface area contributed by atoms with Gasteiger partial charge >= 0.3 is 0 Å². The molecule has 2 aromatic heterocycles. The standard InChI is InChI=1S/C27H27N3O2/c1-20-9-11-22(12-10-20)26-24-8-5-15-29(24)16-17-30(26)19-23-13-14-25(32-23)27(31)28-18-21-6-3-2-4-7-21/h2-15,26H,16-19H2,1H3,(H,28,31). The zero-order valence-electron chi connectivity index (χ0n) is 18.2. The van der Waals surface area contributed by atoms with E-state index in [4.69, 9.17) is 4.42 Å². The van der Waals surface area contributed by atoms with Crippen LogP contribution in [0.3, 0.4) is 0 Å². The fourth-order valence-corrected chi connectivity index (χ4v) is 4.38. The Morgan fingerprint density at radius 1 is 0.969 bits per heavy atom. The highest BCUT2D eigenvalue weighted by Gasteiger charge is 2.29. The summed E-state index contributed by atoms with van der Waals surface area (Å²) >= 11 is 0. The zero-order valence-corrected chi connectivity index (χ0v) is 18.2. The molecule has 1 amide bonds. The van der Waals surface area contributed by atoms with Gasteiger partial charge in [-0.2, -0.15) is 0 Å². The smallest absolute Gasteiger partial charge is 0.287 e. The fourth-order valence-electron chi connectivity index (χ4n) is 4.38. The topological polar surface area (TPSA) is 50.4 Å². The average molecular weight is 426 g/mol. The van der Waals surface area contributed by atoms with Gasteiger partial charge in [0.15, 0.2) is 5.76 Å². The number of nitrogens with one attached hydrogen (secondary N) is 1. The van der Waals surface area contributed by atoms with Gasteiger partial charge in [-0.15, -0.1) is 0 Å². The van der Waals surface area contributed by atoms with Crippen molar-refractivity contribution < 1.29 is 9.21 Å². The number of hydrogen-bond acceptors (Lipinski definition) is 3. The van der Waals surface area contributed by atoms with Gasteiger partial charge in [-0.05, 0) is 42.3 Å². The maximum absolute atomic E-state index is 12.5. The van der Waals surface area contributed by atoms with Crippen molar-refractivity contribution >= 4 is 5.91 Å². The monoisotopic (exact) mass is 425 g/mol. The highest BCUT2D eigenvalue weighted by molar-refractivity contribution is 5.91. The summed E-state index contributed by atoms with van der Waals surface area (Å²) in [5, 5.41) is 2.93. The van der Waals surface area contributed by atoms with Crippen molar-refractivity contribution in [2.45, 2.75) is 32.6 Å². The molecule has 3 heterocycles. The number of benzene rings is 2. The molecule has 1 N–H and O–H groups in total. The van der Waals surface area contributed by atoms with Crippen LogP contribution in [-0.4, -0.2) is 21.9 Å². The minimum absolute atomic E-state index is 0.153. The number of aromatic nitrogens is 1. The molecule has 0 radical (unpaired) electrons. The summed E-state index contributed by atoms with van der Waals surface area (Å²) in [6.45, 7) is 5.09. The van der Waals surface area contributed by atoms with E-state index in [2.05, 4.69) is 64.3 Å². The van der Waals surface area contributed by atoms with Crippen LogP contribution in [0.4, 0.5) is 0 Å². The van der Waals surface area contributed by atoms with E-state index in [0.717, 1.165) is 24.4 Å². The van der Waals surface area contributed by atoms with Gasteiger partial charge in [-0.25, -0.2) is 0 Å². The molecule has 32 heavy (non-hydrogen) atoms. The van der Waals surface area contributed by atoms with Crippen LogP contribution < -0.4 is 5.32 Å². The second-order valence-electron chi connectivity index (χ2n) is 8.34. The second-order valence-corrected chi connectivity index (χ2v) is 8.34. The quantitative estimate of drug-likeness (QED) is 0.477. The molecule has 1 unspecified atom stereocenters. The lowest BCUT2D eigenvalue weighted by Crippen LogP contribution is -2.37. The molecule has 0 saturated carbocycles. The van der Waals surface area contributed by atoms with Crippen molar-refractivity contribution in [3.05, 3.63) is 119 Å². The molecular formula is C27H27N3O2. The maximum atomic E-state index is 12.5. The Kier molecular flexibility index (Phi) is 5.65. The van der Waals surface area contributed by atoms with Gasteiger partial charge in [0.2, 0.25) is 0 Å². The number of nitrogens with zero attached hydrogens (tertiary/aromatic N) is 2. The number of hydrogen-bond donors (Lipinski definition) is 1. The normalized spacial score (nSPS) is 16.0. The first kappa shape index (κ1) is 20.3. The summed E-state index contributed by atoms with van der Waals surface area (Å²) in [7, 11) is 0. The number of furan rings is 1. The molecule has 0 spiro atoms. The molecule has 1 aliphatic rings. The van der Waals surface area contributed by atoms with Gasteiger partial charge in [-0.1, -0.05) is 60.2 Å². The Morgan fingerprint density at radius 2 is 1.78 bits per heavy atom. The summed E-state index contributed by atoms with van der Waals surface area (Å²) in [6, 6.07) is 26.8. The molecular weight excluding hydrogens is 398 g/mol. The molecule has 0 fully saturated rings. The van der Waals surface area contributed by atoms with E-state index in [9.17, 15) is 4.79 Å². The zero-order chi connectivity index (χ0) is 21.9. The molecule has 0 aliphatic carbocycles. The van der Waals surface area contributed by atoms with Gasteiger partial charge in [0.05, 0.1) is 12.6 Å². The summed E-state index contributed by atoms with van der Waals surface area (Å²) < 4.78 is 8.27. The van der Waals surface area contributed by atoms with Gasteiger partial charge in [0.1, 0.15) is 5.76 Å². The Labute approximate surface area is 188 Å². The van der Waals surface area contributed by atoms with Crippen molar-refractivity contribution in [2.75, 3.05) is 6.54 Å². The minimum Gasteiger partial charge on any atom is -0.455 e. The number of rotatable bonds is 6. The van der Waals surface area contributed by atoms with E-state index in [1.54, 1.807) is 6.07 Å². The van der Waals surface area contributed by atoms with Crippen LogP contribution in [0, 0.1) is 6.92 Å². The molecule has 2 aromatic carbocycles. The number of amides is 1. The van der Waals surface area contributed by atoms with Gasteiger partial charge in [-0.3, -0.25) is 9.69 Å². The SMILES string of the molecule is Cc1ccc(C2c3cccn3CCN2Cc2ccc(C(=O)NCc3ccccc3)o2)cc1. The van der Waals surface area contributed by atoms with E-state index in [1.165, 1.54) is 16.8 Å². The van der Waals surface area contributed by atoms with Gasteiger partial charge < -0.3 is 14.3 Å². The van der Waals surface area contributed by atoms with Crippen LogP contribution in [0.25, 0.3) is 0 Å². The summed E-state index contributed by atoms with van der Waals surface area (Å²) in [4.78, 5) is 15.0. The number of carbonyl (C=O) groups excluding carboxylic acids is 1. The first-order chi connectivity index (χ1) is 15.7. The Balaban J connectivity index is 1.31. The van der Waals surface area contributed by atoms with E-state index in [-0.39, 0.29) is 11.9 Å². The number of fused-ring (bicyclic) bond motifs is 1. The first-order valence-electron chi connectivity index (χ1n) is 11.0. The fraction of sp³-hybridized carbons (Fsp3) is 0.222.